The minimum Gasteiger partial charge on any atom is -0.497 e. The SMILES string of the molecule is COc1cccc(C(OC)C(C)N)c1. The predicted octanol–water partition coefficient (Wildman–Crippen LogP) is 1.73. The second kappa shape index (κ2) is 4.98. The van der Waals surface area contributed by atoms with Gasteiger partial charge >= 0.3 is 0 Å². The number of hydrogen-bond acceptors (Lipinski definition) is 3. The van der Waals surface area contributed by atoms with Crippen LogP contribution < -0.4 is 10.5 Å². The van der Waals surface area contributed by atoms with Crippen LogP contribution in [0.5, 0.6) is 5.75 Å². The topological polar surface area (TPSA) is 44.5 Å². The average molecular weight is 195 g/mol. The third-order valence-corrected chi connectivity index (χ3v) is 2.15. The van der Waals surface area contributed by atoms with Crippen molar-refractivity contribution in [3.05, 3.63) is 29.8 Å². The normalized spacial score (nSPS) is 14.9. The molecule has 0 aliphatic heterocycles. The monoisotopic (exact) mass is 195 g/mol. The van der Waals surface area contributed by atoms with Gasteiger partial charge in [0.2, 0.25) is 0 Å². The van der Waals surface area contributed by atoms with E-state index < -0.39 is 0 Å². The summed E-state index contributed by atoms with van der Waals surface area (Å²) in [6, 6.07) is 7.73. The Morgan fingerprint density at radius 1 is 1.29 bits per heavy atom. The molecule has 0 radical (unpaired) electrons. The minimum atomic E-state index is -0.0786. The molecular formula is C11H17NO2. The van der Waals surface area contributed by atoms with E-state index in [-0.39, 0.29) is 12.1 Å². The average Bonchev–Trinajstić information content (AvgIpc) is 2.19. The third kappa shape index (κ3) is 2.47. The van der Waals surface area contributed by atoms with Gasteiger partial charge in [-0.05, 0) is 24.6 Å². The Balaban J connectivity index is 2.92. The van der Waals surface area contributed by atoms with E-state index in [0.717, 1.165) is 11.3 Å². The van der Waals surface area contributed by atoms with Crippen molar-refractivity contribution >= 4 is 0 Å². The van der Waals surface area contributed by atoms with E-state index in [1.807, 2.05) is 31.2 Å². The predicted molar refractivity (Wildman–Crippen MR) is 56.4 cm³/mol. The second-order valence-corrected chi connectivity index (χ2v) is 3.29. The Bertz CT molecular complexity index is 286. The fourth-order valence-electron chi connectivity index (χ4n) is 1.47. The van der Waals surface area contributed by atoms with Gasteiger partial charge in [0.1, 0.15) is 5.75 Å². The maximum absolute atomic E-state index is 5.80. The summed E-state index contributed by atoms with van der Waals surface area (Å²) in [5.74, 6) is 0.824. The smallest absolute Gasteiger partial charge is 0.119 e. The molecule has 0 aliphatic rings. The highest BCUT2D eigenvalue weighted by atomic mass is 16.5. The summed E-state index contributed by atoms with van der Waals surface area (Å²) in [5, 5.41) is 0. The van der Waals surface area contributed by atoms with E-state index in [1.54, 1.807) is 14.2 Å². The Kier molecular flexibility index (Phi) is 3.92. The van der Waals surface area contributed by atoms with Crippen LogP contribution in [0.25, 0.3) is 0 Å². The Morgan fingerprint density at radius 3 is 2.50 bits per heavy atom. The van der Waals surface area contributed by atoms with Crippen molar-refractivity contribution < 1.29 is 9.47 Å². The van der Waals surface area contributed by atoms with Crippen LogP contribution in [-0.2, 0) is 4.74 Å². The summed E-state index contributed by atoms with van der Waals surface area (Å²) >= 11 is 0. The van der Waals surface area contributed by atoms with Crippen LogP contribution in [0.4, 0.5) is 0 Å². The fourth-order valence-corrected chi connectivity index (χ4v) is 1.47. The molecule has 0 heterocycles. The molecule has 0 bridgehead atoms. The van der Waals surface area contributed by atoms with Crippen LogP contribution in [0.3, 0.4) is 0 Å². The largest absolute Gasteiger partial charge is 0.497 e. The number of hydrogen-bond donors (Lipinski definition) is 1. The first-order valence-corrected chi connectivity index (χ1v) is 4.61. The lowest BCUT2D eigenvalue weighted by Gasteiger charge is -2.19. The molecule has 0 aromatic heterocycles. The molecule has 2 N–H and O–H groups in total. The van der Waals surface area contributed by atoms with Gasteiger partial charge in [-0.3, -0.25) is 0 Å². The molecule has 0 amide bonds. The van der Waals surface area contributed by atoms with E-state index in [1.165, 1.54) is 0 Å². The van der Waals surface area contributed by atoms with Crippen LogP contribution in [0, 0.1) is 0 Å². The quantitative estimate of drug-likeness (QED) is 0.795. The molecule has 0 fully saturated rings. The minimum absolute atomic E-state index is 0.0351. The standard InChI is InChI=1S/C11H17NO2/c1-8(12)11(14-3)9-5-4-6-10(7-9)13-2/h4-8,11H,12H2,1-3H3. The molecule has 0 saturated carbocycles. The van der Waals surface area contributed by atoms with Crippen LogP contribution in [0.1, 0.15) is 18.6 Å². The molecule has 78 valence electrons. The van der Waals surface area contributed by atoms with Crippen molar-refractivity contribution in [2.45, 2.75) is 19.1 Å². The van der Waals surface area contributed by atoms with Crippen molar-refractivity contribution in [2.24, 2.45) is 5.73 Å². The number of ether oxygens (including phenoxy) is 2. The van der Waals surface area contributed by atoms with Crippen LogP contribution in [0.15, 0.2) is 24.3 Å². The highest BCUT2D eigenvalue weighted by Crippen LogP contribution is 2.23. The van der Waals surface area contributed by atoms with Gasteiger partial charge in [0.05, 0.1) is 13.2 Å². The fraction of sp³-hybridized carbons (Fsp3) is 0.455. The highest BCUT2D eigenvalue weighted by molar-refractivity contribution is 5.30. The Morgan fingerprint density at radius 2 is 2.00 bits per heavy atom. The summed E-state index contributed by atoms with van der Waals surface area (Å²) < 4.78 is 10.4. The molecular weight excluding hydrogens is 178 g/mol. The third-order valence-electron chi connectivity index (χ3n) is 2.15. The Hall–Kier alpha value is -1.06. The summed E-state index contributed by atoms with van der Waals surface area (Å²) in [6.07, 6.45) is -0.0786. The molecule has 14 heavy (non-hydrogen) atoms. The maximum atomic E-state index is 5.80. The molecule has 3 nitrogen and oxygen atoms in total. The van der Waals surface area contributed by atoms with Gasteiger partial charge in [0.15, 0.2) is 0 Å². The maximum Gasteiger partial charge on any atom is 0.119 e. The van der Waals surface area contributed by atoms with Crippen molar-refractivity contribution in [3.8, 4) is 5.75 Å². The van der Waals surface area contributed by atoms with Gasteiger partial charge in [-0.15, -0.1) is 0 Å². The molecule has 1 aromatic rings. The van der Waals surface area contributed by atoms with Crippen LogP contribution in [-0.4, -0.2) is 20.3 Å². The molecule has 3 heteroatoms. The Labute approximate surface area is 84.8 Å². The summed E-state index contributed by atoms with van der Waals surface area (Å²) in [7, 11) is 3.31. The van der Waals surface area contributed by atoms with Gasteiger partial charge < -0.3 is 15.2 Å². The molecule has 2 atom stereocenters. The van der Waals surface area contributed by atoms with Gasteiger partial charge in [-0.2, -0.15) is 0 Å². The molecule has 0 aliphatic carbocycles. The van der Waals surface area contributed by atoms with E-state index >= 15 is 0 Å². The zero-order chi connectivity index (χ0) is 10.6. The summed E-state index contributed by atoms with van der Waals surface area (Å²) in [4.78, 5) is 0. The first-order chi connectivity index (χ1) is 6.69. The van der Waals surface area contributed by atoms with Crippen molar-refractivity contribution in [1.29, 1.82) is 0 Å². The zero-order valence-corrected chi connectivity index (χ0v) is 8.86. The molecule has 1 aromatic carbocycles. The molecule has 0 saturated heterocycles. The lowest BCUT2D eigenvalue weighted by Crippen LogP contribution is -2.26. The van der Waals surface area contributed by atoms with E-state index in [0.29, 0.717) is 0 Å². The van der Waals surface area contributed by atoms with Gasteiger partial charge in [0, 0.05) is 13.2 Å². The van der Waals surface area contributed by atoms with E-state index in [9.17, 15) is 0 Å². The number of methoxy groups -OCH3 is 2. The van der Waals surface area contributed by atoms with Crippen molar-refractivity contribution in [2.75, 3.05) is 14.2 Å². The van der Waals surface area contributed by atoms with Crippen LogP contribution in [0.2, 0.25) is 0 Å². The van der Waals surface area contributed by atoms with Crippen molar-refractivity contribution in [3.63, 3.8) is 0 Å². The lowest BCUT2D eigenvalue weighted by molar-refractivity contribution is 0.0852. The first-order valence-electron chi connectivity index (χ1n) is 4.61. The molecule has 0 spiro atoms. The number of benzene rings is 1. The first kappa shape index (κ1) is 11.0. The second-order valence-electron chi connectivity index (χ2n) is 3.29. The number of nitrogens with two attached hydrogens (primary N) is 1. The van der Waals surface area contributed by atoms with Crippen molar-refractivity contribution in [1.82, 2.24) is 0 Å². The van der Waals surface area contributed by atoms with Gasteiger partial charge in [-0.25, -0.2) is 0 Å². The number of rotatable bonds is 4. The lowest BCUT2D eigenvalue weighted by atomic mass is 10.0. The van der Waals surface area contributed by atoms with E-state index in [4.69, 9.17) is 15.2 Å². The van der Waals surface area contributed by atoms with E-state index in [2.05, 4.69) is 0 Å². The molecule has 2 unspecified atom stereocenters. The van der Waals surface area contributed by atoms with Gasteiger partial charge in [0.25, 0.3) is 0 Å². The summed E-state index contributed by atoms with van der Waals surface area (Å²) in [6.45, 7) is 1.92. The zero-order valence-electron chi connectivity index (χ0n) is 8.86. The van der Waals surface area contributed by atoms with Gasteiger partial charge in [-0.1, -0.05) is 12.1 Å². The molecule has 1 rings (SSSR count). The highest BCUT2D eigenvalue weighted by Gasteiger charge is 2.15. The van der Waals surface area contributed by atoms with Crippen LogP contribution >= 0.6 is 0 Å². The summed E-state index contributed by atoms with van der Waals surface area (Å²) in [5.41, 5.74) is 6.85.